The highest BCUT2D eigenvalue weighted by atomic mass is 32.2. The first kappa shape index (κ1) is 18.1. The Balaban J connectivity index is 1.62. The van der Waals surface area contributed by atoms with Gasteiger partial charge < -0.3 is 5.11 Å². The Kier molecular flexibility index (Phi) is 5.11. The van der Waals surface area contributed by atoms with E-state index in [-0.39, 0.29) is 5.41 Å². The van der Waals surface area contributed by atoms with Crippen molar-refractivity contribution in [2.75, 3.05) is 0 Å². The fourth-order valence-electron chi connectivity index (χ4n) is 4.55. The second kappa shape index (κ2) is 7.36. The zero-order chi connectivity index (χ0) is 18.1. The van der Waals surface area contributed by atoms with Crippen LogP contribution in [0.1, 0.15) is 33.1 Å². The molecular formula is C23H26OS2. The zero-order valence-electron chi connectivity index (χ0n) is 15.4. The molecule has 0 spiro atoms. The Labute approximate surface area is 165 Å². The average molecular weight is 383 g/mol. The molecule has 136 valence electrons. The molecule has 0 aromatic heterocycles. The summed E-state index contributed by atoms with van der Waals surface area (Å²) in [6.07, 6.45) is 3.37. The van der Waals surface area contributed by atoms with Gasteiger partial charge >= 0.3 is 0 Å². The van der Waals surface area contributed by atoms with E-state index < -0.39 is 0 Å². The highest BCUT2D eigenvalue weighted by Gasteiger charge is 2.53. The van der Waals surface area contributed by atoms with Crippen LogP contribution in [0, 0.1) is 17.3 Å². The summed E-state index contributed by atoms with van der Waals surface area (Å²) in [6, 6.07) is 21.3. The number of benzene rings is 2. The average Bonchev–Trinajstić information content (AvgIpc) is 2.82. The third-order valence-electron chi connectivity index (χ3n) is 6.13. The number of thioether (sulfide) groups is 2. The van der Waals surface area contributed by atoms with E-state index in [0.717, 1.165) is 6.42 Å². The van der Waals surface area contributed by atoms with Gasteiger partial charge in [-0.1, -0.05) is 50.2 Å². The lowest BCUT2D eigenvalue weighted by molar-refractivity contribution is 0.103. The lowest BCUT2D eigenvalue weighted by atomic mass is 9.59. The molecule has 1 nitrogen and oxygen atoms in total. The van der Waals surface area contributed by atoms with Crippen molar-refractivity contribution in [1.29, 1.82) is 0 Å². The highest BCUT2D eigenvalue weighted by molar-refractivity contribution is 8.17. The third-order valence-corrected chi connectivity index (χ3v) is 9.08. The quantitative estimate of drug-likeness (QED) is 0.422. The minimum absolute atomic E-state index is 0.218. The number of hydrogen-bond donors (Lipinski definition) is 1. The van der Waals surface area contributed by atoms with Gasteiger partial charge in [0.1, 0.15) is 0 Å². The third kappa shape index (κ3) is 3.32. The molecule has 3 heteroatoms. The lowest BCUT2D eigenvalue weighted by Crippen LogP contribution is -2.38. The standard InChI is InChI=1S/C23H26OS2/c1-16(21-20(24)15-17-13-14-23(17,21)2)22(25-18-9-5-3-6-10-18)26-19-11-7-4-8-12-19/h3-12,16-17,22,24H,13-15H2,1-2H3/t16?,17-,23+/m1/s1. The Bertz CT molecular complexity index is 745. The molecule has 0 bridgehead atoms. The number of hydrogen-bond acceptors (Lipinski definition) is 3. The first-order valence-electron chi connectivity index (χ1n) is 9.44. The van der Waals surface area contributed by atoms with Gasteiger partial charge in [0.2, 0.25) is 0 Å². The van der Waals surface area contributed by atoms with Crippen LogP contribution >= 0.6 is 23.5 Å². The van der Waals surface area contributed by atoms with Crippen LogP contribution in [0.15, 0.2) is 81.8 Å². The normalized spacial score (nSPS) is 25.9. The van der Waals surface area contributed by atoms with Crippen LogP contribution in [-0.4, -0.2) is 9.69 Å². The summed E-state index contributed by atoms with van der Waals surface area (Å²) in [5, 5.41) is 10.7. The van der Waals surface area contributed by atoms with Gasteiger partial charge in [-0.2, -0.15) is 0 Å². The van der Waals surface area contributed by atoms with Gasteiger partial charge in [0.05, 0.1) is 10.3 Å². The highest BCUT2D eigenvalue weighted by Crippen LogP contribution is 2.63. The lowest BCUT2D eigenvalue weighted by Gasteiger charge is -2.46. The summed E-state index contributed by atoms with van der Waals surface area (Å²) in [4.78, 5) is 2.59. The second-order valence-corrected chi connectivity index (χ2v) is 10.5. The maximum atomic E-state index is 10.7. The van der Waals surface area contributed by atoms with Crippen LogP contribution in [0.25, 0.3) is 0 Å². The molecule has 4 rings (SSSR count). The summed E-state index contributed by atoms with van der Waals surface area (Å²) in [5.41, 5.74) is 1.54. The van der Waals surface area contributed by atoms with E-state index in [2.05, 4.69) is 74.5 Å². The van der Waals surface area contributed by atoms with Crippen molar-refractivity contribution >= 4 is 23.5 Å². The van der Waals surface area contributed by atoms with Gasteiger partial charge in [-0.15, -0.1) is 23.5 Å². The summed E-state index contributed by atoms with van der Waals surface area (Å²) < 4.78 is 0.341. The first-order valence-corrected chi connectivity index (χ1v) is 11.2. The van der Waals surface area contributed by atoms with E-state index in [1.54, 1.807) is 0 Å². The Hall–Kier alpha value is -1.32. The molecule has 0 radical (unpaired) electrons. The number of aliphatic hydroxyl groups is 1. The molecule has 1 fully saturated rings. The van der Waals surface area contributed by atoms with E-state index in [9.17, 15) is 5.11 Å². The Morgan fingerprint density at radius 2 is 1.50 bits per heavy atom. The smallest absolute Gasteiger partial charge is 0.0926 e. The number of fused-ring (bicyclic) bond motifs is 1. The molecule has 0 amide bonds. The molecular weight excluding hydrogens is 356 g/mol. The maximum absolute atomic E-state index is 10.7. The molecule has 2 aromatic carbocycles. The summed E-state index contributed by atoms with van der Waals surface area (Å²) in [6.45, 7) is 4.68. The summed E-state index contributed by atoms with van der Waals surface area (Å²) in [7, 11) is 0. The van der Waals surface area contributed by atoms with Crippen LogP contribution in [0.4, 0.5) is 0 Å². The van der Waals surface area contributed by atoms with Gasteiger partial charge in [-0.3, -0.25) is 0 Å². The van der Waals surface area contributed by atoms with Crippen LogP contribution < -0.4 is 0 Å². The minimum atomic E-state index is 0.218. The van der Waals surface area contributed by atoms with Gasteiger partial charge in [0.25, 0.3) is 0 Å². The predicted molar refractivity (Wildman–Crippen MR) is 113 cm³/mol. The monoisotopic (exact) mass is 382 g/mol. The predicted octanol–water partition coefficient (Wildman–Crippen LogP) is 7.17. The van der Waals surface area contributed by atoms with E-state index in [1.165, 1.54) is 28.2 Å². The number of rotatable bonds is 6. The Morgan fingerprint density at radius 3 is 1.92 bits per heavy atom. The molecule has 2 aliphatic rings. The molecule has 0 saturated heterocycles. The van der Waals surface area contributed by atoms with E-state index in [1.807, 2.05) is 23.5 Å². The first-order chi connectivity index (χ1) is 12.6. The van der Waals surface area contributed by atoms with Crippen molar-refractivity contribution in [2.45, 2.75) is 47.5 Å². The number of aliphatic hydroxyl groups excluding tert-OH is 1. The molecule has 1 unspecified atom stereocenters. The van der Waals surface area contributed by atoms with Crippen molar-refractivity contribution in [3.8, 4) is 0 Å². The fraction of sp³-hybridized carbons (Fsp3) is 0.391. The van der Waals surface area contributed by atoms with Crippen molar-refractivity contribution < 1.29 is 5.11 Å². The van der Waals surface area contributed by atoms with Gasteiger partial charge in [-0.25, -0.2) is 0 Å². The SMILES string of the molecule is CC(C1=C(O)C[C@H]2CC[C@]12C)C(Sc1ccccc1)Sc1ccccc1. The largest absolute Gasteiger partial charge is 0.512 e. The van der Waals surface area contributed by atoms with Gasteiger partial charge in [-0.05, 0) is 54.0 Å². The topological polar surface area (TPSA) is 20.2 Å². The summed E-state index contributed by atoms with van der Waals surface area (Å²) >= 11 is 3.85. The molecule has 26 heavy (non-hydrogen) atoms. The van der Waals surface area contributed by atoms with Gasteiger partial charge in [0.15, 0.2) is 0 Å². The number of allylic oxidation sites excluding steroid dienone is 2. The van der Waals surface area contributed by atoms with Crippen LogP contribution in [0.5, 0.6) is 0 Å². The van der Waals surface area contributed by atoms with Crippen LogP contribution in [0.3, 0.4) is 0 Å². The molecule has 0 heterocycles. The van der Waals surface area contributed by atoms with Crippen LogP contribution in [0.2, 0.25) is 0 Å². The van der Waals surface area contributed by atoms with Crippen molar-refractivity contribution in [2.24, 2.45) is 17.3 Å². The Morgan fingerprint density at radius 1 is 0.962 bits per heavy atom. The summed E-state index contributed by atoms with van der Waals surface area (Å²) in [5.74, 6) is 1.67. The second-order valence-electron chi connectivity index (χ2n) is 7.74. The van der Waals surface area contributed by atoms with Crippen molar-refractivity contribution in [1.82, 2.24) is 0 Å². The zero-order valence-corrected chi connectivity index (χ0v) is 17.0. The molecule has 2 aromatic rings. The molecule has 1 N–H and O–H groups in total. The molecule has 0 aliphatic heterocycles. The van der Waals surface area contributed by atoms with Crippen molar-refractivity contribution in [3.05, 3.63) is 72.0 Å². The van der Waals surface area contributed by atoms with Gasteiger partial charge in [0, 0.05) is 22.1 Å². The minimum Gasteiger partial charge on any atom is -0.512 e. The van der Waals surface area contributed by atoms with E-state index >= 15 is 0 Å². The fourth-order valence-corrected chi connectivity index (χ4v) is 7.25. The molecule has 2 aliphatic carbocycles. The van der Waals surface area contributed by atoms with Crippen LogP contribution in [-0.2, 0) is 0 Å². The molecule has 1 saturated carbocycles. The maximum Gasteiger partial charge on any atom is 0.0926 e. The molecule has 3 atom stereocenters. The van der Waals surface area contributed by atoms with E-state index in [4.69, 9.17) is 0 Å². The van der Waals surface area contributed by atoms with Crippen molar-refractivity contribution in [3.63, 3.8) is 0 Å². The van der Waals surface area contributed by atoms with E-state index in [0.29, 0.717) is 22.2 Å².